The van der Waals surface area contributed by atoms with Crippen LogP contribution in [0.2, 0.25) is 0 Å². The van der Waals surface area contributed by atoms with Gasteiger partial charge >= 0.3 is 0 Å². The number of nitrogens with one attached hydrogen (secondary N) is 1. The van der Waals surface area contributed by atoms with Crippen LogP contribution in [0.15, 0.2) is 12.1 Å². The van der Waals surface area contributed by atoms with Crippen molar-refractivity contribution in [2.75, 3.05) is 19.8 Å². The van der Waals surface area contributed by atoms with Crippen molar-refractivity contribution < 1.29 is 18.3 Å². The fraction of sp³-hybridized carbons (Fsp3) is 0.667. The summed E-state index contributed by atoms with van der Waals surface area (Å²) >= 11 is 0. The predicted molar refractivity (Wildman–Crippen MR) is 100 cm³/mol. The molecule has 1 saturated carbocycles. The van der Waals surface area contributed by atoms with Gasteiger partial charge in [-0.3, -0.25) is 4.79 Å². The number of benzene rings is 1. The maximum Gasteiger partial charge on any atom is 0.237 e. The molecule has 3 N–H and O–H groups in total. The average Bonchev–Trinajstić information content (AvgIpc) is 2.68. The number of hydrogen-bond donors (Lipinski definition) is 2. The summed E-state index contributed by atoms with van der Waals surface area (Å²) in [7, 11) is 0. The van der Waals surface area contributed by atoms with Gasteiger partial charge in [-0.1, -0.05) is 6.07 Å². The van der Waals surface area contributed by atoms with Crippen LogP contribution in [0.1, 0.15) is 62.0 Å². The Kier molecular flexibility index (Phi) is 6.48. The largest absolute Gasteiger partial charge is 0.381 e. The van der Waals surface area contributed by atoms with Crippen LogP contribution in [-0.2, 0) is 9.53 Å². The quantitative estimate of drug-likeness (QED) is 0.793. The maximum absolute atomic E-state index is 13.8. The zero-order valence-electron chi connectivity index (χ0n) is 16.0. The number of amides is 1. The fourth-order valence-corrected chi connectivity index (χ4v) is 4.62. The van der Waals surface area contributed by atoms with Crippen molar-refractivity contribution in [1.29, 1.82) is 0 Å². The Hall–Kier alpha value is -1.53. The molecule has 0 spiro atoms. The second kappa shape index (κ2) is 8.65. The van der Waals surface area contributed by atoms with Gasteiger partial charge in [0.05, 0.1) is 0 Å². The number of hydrogen-bond acceptors (Lipinski definition) is 3. The van der Waals surface area contributed by atoms with Gasteiger partial charge in [-0.05, 0) is 87.4 Å². The molecule has 1 aromatic rings. The van der Waals surface area contributed by atoms with E-state index in [9.17, 15) is 13.6 Å². The lowest BCUT2D eigenvalue weighted by molar-refractivity contribution is -0.128. The third-order valence-corrected chi connectivity index (χ3v) is 6.50. The van der Waals surface area contributed by atoms with Crippen LogP contribution in [-0.4, -0.2) is 31.2 Å². The molecular weight excluding hydrogens is 350 g/mol. The van der Waals surface area contributed by atoms with E-state index in [4.69, 9.17) is 10.5 Å². The number of carbonyl (C=O) groups is 1. The predicted octanol–water partition coefficient (Wildman–Crippen LogP) is 3.56. The Morgan fingerprint density at radius 3 is 2.52 bits per heavy atom. The monoisotopic (exact) mass is 380 g/mol. The molecule has 1 amide bonds. The van der Waals surface area contributed by atoms with Crippen LogP contribution < -0.4 is 11.1 Å². The Labute approximate surface area is 159 Å². The van der Waals surface area contributed by atoms with E-state index in [1.54, 1.807) is 13.0 Å². The smallest absolute Gasteiger partial charge is 0.237 e. The highest BCUT2D eigenvalue weighted by Gasteiger charge is 2.38. The van der Waals surface area contributed by atoms with Crippen molar-refractivity contribution >= 4 is 5.91 Å². The molecular formula is C21H30F2N2O2. The summed E-state index contributed by atoms with van der Waals surface area (Å²) in [5.41, 5.74) is 6.39. The van der Waals surface area contributed by atoms with Crippen molar-refractivity contribution in [2.24, 2.45) is 11.7 Å². The van der Waals surface area contributed by atoms with Gasteiger partial charge in [0, 0.05) is 13.2 Å². The minimum Gasteiger partial charge on any atom is -0.381 e. The molecule has 4 nitrogen and oxygen atoms in total. The van der Waals surface area contributed by atoms with E-state index in [0.717, 1.165) is 44.2 Å². The summed E-state index contributed by atoms with van der Waals surface area (Å²) in [6.45, 7) is 3.56. The normalized spacial score (nSPS) is 25.3. The summed E-state index contributed by atoms with van der Waals surface area (Å²) < 4.78 is 32.5. The van der Waals surface area contributed by atoms with Gasteiger partial charge in [-0.25, -0.2) is 8.78 Å². The van der Waals surface area contributed by atoms with Crippen LogP contribution in [0.3, 0.4) is 0 Å². The summed E-state index contributed by atoms with van der Waals surface area (Å²) in [5, 5.41) is 3.40. The lowest BCUT2D eigenvalue weighted by Crippen LogP contribution is -2.58. The first kappa shape index (κ1) is 20.2. The number of halogens is 2. The van der Waals surface area contributed by atoms with Gasteiger partial charge in [0.2, 0.25) is 5.91 Å². The van der Waals surface area contributed by atoms with E-state index in [-0.39, 0.29) is 5.91 Å². The number of nitrogens with two attached hydrogens (primary N) is 1. The summed E-state index contributed by atoms with van der Waals surface area (Å²) in [5.74, 6) is -0.885. The van der Waals surface area contributed by atoms with Gasteiger partial charge in [-0.15, -0.1) is 0 Å². The third-order valence-electron chi connectivity index (χ3n) is 6.50. The van der Waals surface area contributed by atoms with E-state index in [1.807, 2.05) is 0 Å². The molecule has 2 aliphatic rings. The molecule has 6 heteroatoms. The lowest BCUT2D eigenvalue weighted by atomic mass is 9.76. The number of ether oxygens (including phenoxy) is 1. The Bertz CT molecular complexity index is 666. The molecule has 27 heavy (non-hydrogen) atoms. The molecule has 0 aromatic heterocycles. The zero-order chi connectivity index (χ0) is 19.4. The van der Waals surface area contributed by atoms with Crippen molar-refractivity contribution in [3.63, 3.8) is 0 Å². The van der Waals surface area contributed by atoms with Gasteiger partial charge in [0.15, 0.2) is 11.6 Å². The third kappa shape index (κ3) is 4.49. The van der Waals surface area contributed by atoms with Gasteiger partial charge in [0.25, 0.3) is 0 Å². The van der Waals surface area contributed by atoms with Crippen LogP contribution in [0.25, 0.3) is 0 Å². The highest BCUT2D eigenvalue weighted by molar-refractivity contribution is 5.84. The molecule has 2 fully saturated rings. The van der Waals surface area contributed by atoms with Crippen LogP contribution >= 0.6 is 0 Å². The van der Waals surface area contributed by atoms with E-state index in [0.29, 0.717) is 43.5 Å². The zero-order valence-corrected chi connectivity index (χ0v) is 16.0. The first-order valence-corrected chi connectivity index (χ1v) is 10.00. The average molecular weight is 380 g/mol. The van der Waals surface area contributed by atoms with Crippen molar-refractivity contribution in [2.45, 2.75) is 63.3 Å². The summed E-state index contributed by atoms with van der Waals surface area (Å²) in [4.78, 5) is 11.9. The molecule has 1 aromatic carbocycles. The van der Waals surface area contributed by atoms with Crippen LogP contribution in [0.5, 0.6) is 0 Å². The number of primary amides is 1. The van der Waals surface area contributed by atoms with Crippen LogP contribution in [0, 0.1) is 24.5 Å². The Balaban J connectivity index is 1.49. The number of rotatable bonds is 6. The van der Waals surface area contributed by atoms with Gasteiger partial charge < -0.3 is 15.8 Å². The number of carbonyl (C=O) groups excluding carboxylic acids is 1. The standard InChI is InChI=1S/C21H30F2N2O2/c1-14-17(6-7-18(22)19(14)23)16-4-2-15(3-5-16)8-11-25-21(20(24)26)9-12-27-13-10-21/h6-7,15-16,25H,2-5,8-13H2,1H3,(H2,24,26)/t15-,16-. The van der Waals surface area contributed by atoms with Gasteiger partial charge in [0.1, 0.15) is 5.54 Å². The molecule has 1 aliphatic heterocycles. The second-order valence-corrected chi connectivity index (χ2v) is 8.07. The van der Waals surface area contributed by atoms with Crippen molar-refractivity contribution in [3.8, 4) is 0 Å². The van der Waals surface area contributed by atoms with E-state index < -0.39 is 17.2 Å². The highest BCUT2D eigenvalue weighted by atomic mass is 19.2. The SMILES string of the molecule is Cc1c(F)c(F)ccc1[C@H]1CC[C@H](CCNC2(C(N)=O)CCOCC2)CC1. The fourth-order valence-electron chi connectivity index (χ4n) is 4.62. The second-order valence-electron chi connectivity index (χ2n) is 8.07. The molecule has 1 saturated heterocycles. The highest BCUT2D eigenvalue weighted by Crippen LogP contribution is 2.39. The Morgan fingerprint density at radius 1 is 1.22 bits per heavy atom. The van der Waals surface area contributed by atoms with Crippen molar-refractivity contribution in [3.05, 3.63) is 34.9 Å². The lowest BCUT2D eigenvalue weighted by Gasteiger charge is -2.36. The van der Waals surface area contributed by atoms with Crippen LogP contribution in [0.4, 0.5) is 8.78 Å². The summed E-state index contributed by atoms with van der Waals surface area (Å²) in [6, 6.07) is 2.98. The molecule has 3 rings (SSSR count). The molecule has 150 valence electrons. The van der Waals surface area contributed by atoms with E-state index >= 15 is 0 Å². The first-order valence-electron chi connectivity index (χ1n) is 10.00. The topological polar surface area (TPSA) is 64.3 Å². The van der Waals surface area contributed by atoms with E-state index in [2.05, 4.69) is 5.32 Å². The molecule has 0 atom stereocenters. The first-order chi connectivity index (χ1) is 12.9. The maximum atomic E-state index is 13.8. The summed E-state index contributed by atoms with van der Waals surface area (Å²) in [6.07, 6.45) is 6.38. The molecule has 1 aliphatic carbocycles. The minimum atomic E-state index is -0.771. The molecule has 0 radical (unpaired) electrons. The molecule has 0 unspecified atom stereocenters. The van der Waals surface area contributed by atoms with E-state index in [1.165, 1.54) is 6.07 Å². The van der Waals surface area contributed by atoms with Crippen molar-refractivity contribution in [1.82, 2.24) is 5.32 Å². The molecule has 1 heterocycles. The van der Waals surface area contributed by atoms with Gasteiger partial charge in [-0.2, -0.15) is 0 Å². The Morgan fingerprint density at radius 2 is 1.89 bits per heavy atom. The molecule has 0 bridgehead atoms. The minimum absolute atomic E-state index is 0.289.